The van der Waals surface area contributed by atoms with Gasteiger partial charge >= 0.3 is 6.18 Å². The Hall–Kier alpha value is -2.64. The van der Waals surface area contributed by atoms with E-state index in [0.29, 0.717) is 32.5 Å². The summed E-state index contributed by atoms with van der Waals surface area (Å²) in [6, 6.07) is 9.15. The number of rotatable bonds is 2. The summed E-state index contributed by atoms with van der Waals surface area (Å²) in [4.78, 5) is 23.9. The molecule has 2 aromatic rings. The van der Waals surface area contributed by atoms with Crippen molar-refractivity contribution in [1.29, 1.82) is 0 Å². The van der Waals surface area contributed by atoms with Gasteiger partial charge in [0.1, 0.15) is 17.8 Å². The molecule has 1 fully saturated rings. The summed E-state index contributed by atoms with van der Waals surface area (Å²) in [6.45, 7) is 2.37. The third-order valence-electron chi connectivity index (χ3n) is 5.55. The number of hydrogen-bond acceptors (Lipinski definition) is 4. The monoisotopic (exact) mass is 390 g/mol. The normalized spacial score (nSPS) is 18.1. The van der Waals surface area contributed by atoms with Crippen molar-refractivity contribution in [3.63, 3.8) is 0 Å². The predicted octanol–water partition coefficient (Wildman–Crippen LogP) is 3.30. The maximum absolute atomic E-state index is 12.9. The van der Waals surface area contributed by atoms with E-state index in [1.165, 1.54) is 11.1 Å². The number of alkyl halides is 3. The molecule has 0 aliphatic carbocycles. The van der Waals surface area contributed by atoms with E-state index in [0.717, 1.165) is 25.4 Å². The zero-order valence-corrected chi connectivity index (χ0v) is 15.3. The zero-order valence-electron chi connectivity index (χ0n) is 15.3. The van der Waals surface area contributed by atoms with Crippen molar-refractivity contribution in [3.8, 4) is 0 Å². The van der Waals surface area contributed by atoms with Crippen LogP contribution in [0.3, 0.4) is 0 Å². The van der Waals surface area contributed by atoms with Crippen LogP contribution in [0.1, 0.15) is 29.7 Å². The molecule has 0 unspecified atom stereocenters. The Labute approximate surface area is 161 Å². The lowest BCUT2D eigenvalue weighted by atomic mass is 9.93. The minimum atomic E-state index is -4.49. The third kappa shape index (κ3) is 3.81. The van der Waals surface area contributed by atoms with Crippen LogP contribution in [0.15, 0.2) is 36.7 Å². The van der Waals surface area contributed by atoms with Crippen molar-refractivity contribution in [2.75, 3.05) is 24.5 Å². The fourth-order valence-corrected chi connectivity index (χ4v) is 3.97. The van der Waals surface area contributed by atoms with E-state index < -0.39 is 11.9 Å². The summed E-state index contributed by atoms with van der Waals surface area (Å²) in [5.74, 6) is 0.318. The molecule has 0 spiro atoms. The smallest absolute Gasteiger partial charge is 0.356 e. The van der Waals surface area contributed by atoms with E-state index in [4.69, 9.17) is 0 Å². The molecule has 148 valence electrons. The summed E-state index contributed by atoms with van der Waals surface area (Å²) in [6.07, 6.45) is -1.45. The van der Waals surface area contributed by atoms with Gasteiger partial charge in [0.05, 0.1) is 0 Å². The quantitative estimate of drug-likeness (QED) is 0.790. The van der Waals surface area contributed by atoms with Crippen LogP contribution < -0.4 is 4.90 Å². The average Bonchev–Trinajstić information content (AvgIpc) is 2.72. The SMILES string of the molecule is O=C(C1CCN(c2cc(C(F)(F)F)ncn2)CC1)N1CCc2ccccc2C1. The third-order valence-corrected chi connectivity index (χ3v) is 5.55. The fourth-order valence-electron chi connectivity index (χ4n) is 3.97. The van der Waals surface area contributed by atoms with Gasteiger partial charge in [-0.25, -0.2) is 9.97 Å². The Balaban J connectivity index is 1.38. The first-order valence-corrected chi connectivity index (χ1v) is 9.41. The lowest BCUT2D eigenvalue weighted by molar-refractivity contribution is -0.141. The zero-order chi connectivity index (χ0) is 19.7. The molecule has 5 nitrogen and oxygen atoms in total. The van der Waals surface area contributed by atoms with Gasteiger partial charge < -0.3 is 9.80 Å². The molecular weight excluding hydrogens is 369 g/mol. The minimum Gasteiger partial charge on any atom is -0.356 e. The molecule has 3 heterocycles. The van der Waals surface area contributed by atoms with Crippen LogP contribution in [-0.2, 0) is 23.9 Å². The number of benzene rings is 1. The standard InChI is InChI=1S/C20H21F3N4O/c21-20(22,23)17-11-18(25-13-24-17)26-8-6-15(7-9-26)19(28)27-10-5-14-3-1-2-4-16(14)12-27/h1-4,11,13,15H,5-10,12H2. The maximum atomic E-state index is 12.9. The van der Waals surface area contributed by atoms with E-state index in [1.54, 1.807) is 4.90 Å². The molecule has 2 aliphatic rings. The number of amides is 1. The molecule has 0 saturated carbocycles. The van der Waals surface area contributed by atoms with Gasteiger partial charge in [0.2, 0.25) is 5.91 Å². The molecule has 1 amide bonds. The lowest BCUT2D eigenvalue weighted by Gasteiger charge is -2.36. The van der Waals surface area contributed by atoms with E-state index in [2.05, 4.69) is 22.1 Å². The highest BCUT2D eigenvalue weighted by atomic mass is 19.4. The van der Waals surface area contributed by atoms with Gasteiger partial charge in [-0.05, 0) is 30.4 Å². The first kappa shape index (κ1) is 18.7. The van der Waals surface area contributed by atoms with Crippen LogP contribution >= 0.6 is 0 Å². The fraction of sp³-hybridized carbons (Fsp3) is 0.450. The van der Waals surface area contributed by atoms with Gasteiger partial charge in [-0.3, -0.25) is 4.79 Å². The molecule has 8 heteroatoms. The Morgan fingerprint density at radius 2 is 1.75 bits per heavy atom. The first-order valence-electron chi connectivity index (χ1n) is 9.41. The number of aromatic nitrogens is 2. The van der Waals surface area contributed by atoms with Crippen LogP contribution in [0.25, 0.3) is 0 Å². The Bertz CT molecular complexity index is 863. The first-order chi connectivity index (χ1) is 13.4. The van der Waals surface area contributed by atoms with Gasteiger partial charge in [-0.2, -0.15) is 13.2 Å². The summed E-state index contributed by atoms with van der Waals surface area (Å²) < 4.78 is 38.6. The number of hydrogen-bond donors (Lipinski definition) is 0. The molecular formula is C20H21F3N4O. The van der Waals surface area contributed by atoms with E-state index >= 15 is 0 Å². The van der Waals surface area contributed by atoms with E-state index in [-0.39, 0.29) is 17.6 Å². The van der Waals surface area contributed by atoms with E-state index in [1.807, 2.05) is 17.0 Å². The topological polar surface area (TPSA) is 49.3 Å². The highest BCUT2D eigenvalue weighted by Gasteiger charge is 2.34. The molecule has 1 aromatic heterocycles. The molecule has 28 heavy (non-hydrogen) atoms. The Kier molecular flexibility index (Phi) is 4.95. The Morgan fingerprint density at radius 3 is 2.46 bits per heavy atom. The molecule has 0 bridgehead atoms. The maximum Gasteiger partial charge on any atom is 0.433 e. The predicted molar refractivity (Wildman–Crippen MR) is 97.5 cm³/mol. The van der Waals surface area contributed by atoms with Gasteiger partial charge in [0, 0.05) is 38.2 Å². The van der Waals surface area contributed by atoms with Crippen molar-refractivity contribution in [3.05, 3.63) is 53.5 Å². The highest BCUT2D eigenvalue weighted by molar-refractivity contribution is 5.79. The molecule has 4 rings (SSSR count). The summed E-state index contributed by atoms with van der Waals surface area (Å²) in [5, 5.41) is 0. The van der Waals surface area contributed by atoms with Crippen LogP contribution in [-0.4, -0.2) is 40.4 Å². The van der Waals surface area contributed by atoms with Crippen LogP contribution in [0.2, 0.25) is 0 Å². The van der Waals surface area contributed by atoms with Crippen molar-refractivity contribution >= 4 is 11.7 Å². The summed E-state index contributed by atoms with van der Waals surface area (Å²) >= 11 is 0. The molecule has 1 saturated heterocycles. The van der Waals surface area contributed by atoms with Gasteiger partial charge in [0.25, 0.3) is 0 Å². The average molecular weight is 390 g/mol. The van der Waals surface area contributed by atoms with Gasteiger partial charge in [0.15, 0.2) is 0 Å². The molecule has 0 atom stereocenters. The lowest BCUT2D eigenvalue weighted by Crippen LogP contribution is -2.44. The van der Waals surface area contributed by atoms with Gasteiger partial charge in [-0.1, -0.05) is 24.3 Å². The second-order valence-corrected chi connectivity index (χ2v) is 7.30. The van der Waals surface area contributed by atoms with Crippen molar-refractivity contribution in [2.45, 2.75) is 32.0 Å². The van der Waals surface area contributed by atoms with Crippen molar-refractivity contribution in [1.82, 2.24) is 14.9 Å². The van der Waals surface area contributed by atoms with Crippen LogP contribution in [0.5, 0.6) is 0 Å². The second kappa shape index (κ2) is 7.41. The number of halogens is 3. The molecule has 2 aliphatic heterocycles. The van der Waals surface area contributed by atoms with Gasteiger partial charge in [-0.15, -0.1) is 0 Å². The molecule has 0 radical (unpaired) electrons. The number of nitrogens with zero attached hydrogens (tertiary/aromatic N) is 4. The van der Waals surface area contributed by atoms with Crippen LogP contribution in [0, 0.1) is 5.92 Å². The number of fused-ring (bicyclic) bond motifs is 1. The Morgan fingerprint density at radius 1 is 1.04 bits per heavy atom. The number of anilines is 1. The molecule has 0 N–H and O–H groups in total. The van der Waals surface area contributed by atoms with Crippen molar-refractivity contribution < 1.29 is 18.0 Å². The number of carbonyl (C=O) groups excluding carboxylic acids is 1. The van der Waals surface area contributed by atoms with Crippen LogP contribution in [0.4, 0.5) is 19.0 Å². The largest absolute Gasteiger partial charge is 0.433 e. The molecule has 1 aromatic carbocycles. The number of carbonyl (C=O) groups is 1. The summed E-state index contributed by atoms with van der Waals surface area (Å²) in [7, 11) is 0. The van der Waals surface area contributed by atoms with E-state index in [9.17, 15) is 18.0 Å². The van der Waals surface area contributed by atoms with Crippen molar-refractivity contribution in [2.24, 2.45) is 5.92 Å². The highest BCUT2D eigenvalue weighted by Crippen LogP contribution is 2.31. The number of piperidine rings is 1. The minimum absolute atomic E-state index is 0.0922. The second-order valence-electron chi connectivity index (χ2n) is 7.30. The summed E-state index contributed by atoms with van der Waals surface area (Å²) in [5.41, 5.74) is 1.55.